The van der Waals surface area contributed by atoms with Gasteiger partial charge in [0.15, 0.2) is 0 Å². The minimum absolute atomic E-state index is 0.00408. The third kappa shape index (κ3) is 4.10. The van der Waals surface area contributed by atoms with E-state index in [-0.39, 0.29) is 30.0 Å². The largest absolute Gasteiger partial charge is 0.372 e. The molecule has 0 bridgehead atoms. The fourth-order valence-electron chi connectivity index (χ4n) is 3.56. The van der Waals surface area contributed by atoms with Crippen LogP contribution in [-0.4, -0.2) is 59.6 Å². The Morgan fingerprint density at radius 2 is 1.80 bits per heavy atom. The molecule has 6 nitrogen and oxygen atoms in total. The number of benzene rings is 1. The summed E-state index contributed by atoms with van der Waals surface area (Å²) in [5.74, 6) is -0.378. The van der Waals surface area contributed by atoms with Gasteiger partial charge in [-0.1, -0.05) is 0 Å². The van der Waals surface area contributed by atoms with Gasteiger partial charge >= 0.3 is 6.03 Å². The zero-order chi connectivity index (χ0) is 18.0. The molecular formula is C18H24FN3O3. The van der Waals surface area contributed by atoms with Gasteiger partial charge in [0.2, 0.25) is 5.91 Å². The summed E-state index contributed by atoms with van der Waals surface area (Å²) < 4.78 is 18.7. The van der Waals surface area contributed by atoms with Crippen molar-refractivity contribution >= 4 is 17.6 Å². The van der Waals surface area contributed by atoms with Crippen LogP contribution in [0.4, 0.5) is 14.9 Å². The summed E-state index contributed by atoms with van der Waals surface area (Å²) in [5.41, 5.74) is 0.512. The minimum atomic E-state index is -0.446. The van der Waals surface area contributed by atoms with E-state index in [1.165, 1.54) is 24.3 Å². The van der Waals surface area contributed by atoms with E-state index in [0.29, 0.717) is 31.7 Å². The minimum Gasteiger partial charge on any atom is -0.372 e. The fraction of sp³-hybridized carbons (Fsp3) is 0.556. The maximum Gasteiger partial charge on any atom is 0.322 e. The SMILES string of the molecule is C[C@@H]1CN(C(=O)[C@@H]2CCCN2C(=O)Nc2ccc(F)cc2)C[C@@H](C)O1. The van der Waals surface area contributed by atoms with Crippen LogP contribution in [-0.2, 0) is 9.53 Å². The zero-order valence-corrected chi connectivity index (χ0v) is 14.6. The van der Waals surface area contributed by atoms with E-state index in [9.17, 15) is 14.0 Å². The summed E-state index contributed by atoms with van der Waals surface area (Å²) in [6, 6.07) is 4.82. The number of rotatable bonds is 2. The Labute approximate surface area is 146 Å². The van der Waals surface area contributed by atoms with Crippen molar-refractivity contribution in [3.8, 4) is 0 Å². The molecule has 1 aromatic rings. The van der Waals surface area contributed by atoms with Crippen LogP contribution in [0.15, 0.2) is 24.3 Å². The van der Waals surface area contributed by atoms with Crippen molar-refractivity contribution in [3.05, 3.63) is 30.1 Å². The summed E-state index contributed by atoms with van der Waals surface area (Å²) in [7, 11) is 0. The van der Waals surface area contributed by atoms with Gasteiger partial charge in [0.05, 0.1) is 12.2 Å². The molecule has 2 aliphatic rings. The third-order valence-corrected chi connectivity index (χ3v) is 4.63. The van der Waals surface area contributed by atoms with Crippen LogP contribution in [0.3, 0.4) is 0 Å². The van der Waals surface area contributed by atoms with Crippen LogP contribution in [0.25, 0.3) is 0 Å². The van der Waals surface area contributed by atoms with Crippen molar-refractivity contribution in [2.45, 2.75) is 44.9 Å². The molecule has 7 heteroatoms. The molecule has 0 spiro atoms. The maximum atomic E-state index is 13.0. The molecule has 1 aromatic carbocycles. The lowest BCUT2D eigenvalue weighted by atomic mass is 10.1. The van der Waals surface area contributed by atoms with Crippen LogP contribution in [0.5, 0.6) is 0 Å². The first-order chi connectivity index (χ1) is 11.9. The number of hydrogen-bond acceptors (Lipinski definition) is 3. The highest BCUT2D eigenvalue weighted by Crippen LogP contribution is 2.23. The summed E-state index contributed by atoms with van der Waals surface area (Å²) in [6.45, 7) is 5.53. The first-order valence-electron chi connectivity index (χ1n) is 8.71. The van der Waals surface area contributed by atoms with E-state index in [1.54, 1.807) is 9.80 Å². The number of nitrogens with zero attached hydrogens (tertiary/aromatic N) is 2. The van der Waals surface area contributed by atoms with E-state index < -0.39 is 6.04 Å². The predicted octanol–water partition coefficient (Wildman–Crippen LogP) is 2.46. The number of likely N-dealkylation sites (tertiary alicyclic amines) is 1. The summed E-state index contributed by atoms with van der Waals surface area (Å²) in [5, 5.41) is 2.74. The molecule has 25 heavy (non-hydrogen) atoms. The monoisotopic (exact) mass is 349 g/mol. The van der Waals surface area contributed by atoms with Crippen molar-refractivity contribution in [2.75, 3.05) is 25.0 Å². The smallest absolute Gasteiger partial charge is 0.322 e. The van der Waals surface area contributed by atoms with Gasteiger partial charge in [-0.05, 0) is 51.0 Å². The maximum absolute atomic E-state index is 13.0. The molecule has 3 rings (SSSR count). The molecular weight excluding hydrogens is 325 g/mol. The molecule has 3 amide bonds. The Hall–Kier alpha value is -2.15. The summed E-state index contributed by atoms with van der Waals surface area (Å²) in [6.07, 6.45) is 1.45. The molecule has 2 fully saturated rings. The first-order valence-corrected chi connectivity index (χ1v) is 8.71. The molecule has 2 heterocycles. The number of amides is 3. The Morgan fingerprint density at radius 1 is 1.16 bits per heavy atom. The van der Waals surface area contributed by atoms with Crippen LogP contribution >= 0.6 is 0 Å². The lowest BCUT2D eigenvalue weighted by molar-refractivity contribution is -0.146. The topological polar surface area (TPSA) is 61.9 Å². The van der Waals surface area contributed by atoms with E-state index in [1.807, 2.05) is 13.8 Å². The van der Waals surface area contributed by atoms with Crippen molar-refractivity contribution in [2.24, 2.45) is 0 Å². The summed E-state index contributed by atoms with van der Waals surface area (Å²) in [4.78, 5) is 28.8. The highest BCUT2D eigenvalue weighted by atomic mass is 19.1. The quantitative estimate of drug-likeness (QED) is 0.892. The zero-order valence-electron chi connectivity index (χ0n) is 14.6. The van der Waals surface area contributed by atoms with Crippen LogP contribution in [0.1, 0.15) is 26.7 Å². The van der Waals surface area contributed by atoms with Gasteiger partial charge in [0, 0.05) is 25.3 Å². The third-order valence-electron chi connectivity index (χ3n) is 4.63. The number of carbonyl (C=O) groups is 2. The average Bonchev–Trinajstić information content (AvgIpc) is 3.05. The number of urea groups is 1. The Morgan fingerprint density at radius 3 is 2.44 bits per heavy atom. The molecule has 0 aliphatic carbocycles. The second-order valence-electron chi connectivity index (χ2n) is 6.79. The van der Waals surface area contributed by atoms with E-state index in [4.69, 9.17) is 4.74 Å². The Bertz CT molecular complexity index is 627. The van der Waals surface area contributed by atoms with Crippen LogP contribution < -0.4 is 5.32 Å². The number of hydrogen-bond donors (Lipinski definition) is 1. The van der Waals surface area contributed by atoms with E-state index >= 15 is 0 Å². The van der Waals surface area contributed by atoms with Crippen molar-refractivity contribution in [1.29, 1.82) is 0 Å². The molecule has 0 unspecified atom stereocenters. The van der Waals surface area contributed by atoms with Gasteiger partial charge in [-0.15, -0.1) is 0 Å². The molecule has 136 valence electrons. The average molecular weight is 349 g/mol. The van der Waals surface area contributed by atoms with Gasteiger partial charge in [0.25, 0.3) is 0 Å². The van der Waals surface area contributed by atoms with Gasteiger partial charge in [-0.3, -0.25) is 4.79 Å². The highest BCUT2D eigenvalue weighted by molar-refractivity contribution is 5.94. The Kier molecular flexibility index (Phi) is 5.22. The molecule has 3 atom stereocenters. The molecule has 2 aliphatic heterocycles. The molecule has 1 N–H and O–H groups in total. The number of anilines is 1. The van der Waals surface area contributed by atoms with Gasteiger partial charge in [0.1, 0.15) is 11.9 Å². The molecule has 2 saturated heterocycles. The second-order valence-corrected chi connectivity index (χ2v) is 6.79. The number of carbonyl (C=O) groups excluding carboxylic acids is 2. The van der Waals surface area contributed by atoms with Crippen molar-refractivity contribution < 1.29 is 18.7 Å². The first kappa shape index (κ1) is 17.7. The molecule has 0 saturated carbocycles. The van der Waals surface area contributed by atoms with E-state index in [0.717, 1.165) is 6.42 Å². The number of halogens is 1. The molecule has 0 aromatic heterocycles. The highest BCUT2D eigenvalue weighted by Gasteiger charge is 2.38. The van der Waals surface area contributed by atoms with Gasteiger partial charge in [-0.25, -0.2) is 9.18 Å². The number of morpholine rings is 1. The van der Waals surface area contributed by atoms with Crippen LogP contribution in [0, 0.1) is 5.82 Å². The van der Waals surface area contributed by atoms with Crippen LogP contribution in [0.2, 0.25) is 0 Å². The van der Waals surface area contributed by atoms with Crippen molar-refractivity contribution in [1.82, 2.24) is 9.80 Å². The lowest BCUT2D eigenvalue weighted by Gasteiger charge is -2.38. The predicted molar refractivity (Wildman–Crippen MR) is 91.7 cm³/mol. The Balaban J connectivity index is 1.66. The fourth-order valence-corrected chi connectivity index (χ4v) is 3.56. The molecule has 0 radical (unpaired) electrons. The van der Waals surface area contributed by atoms with Crippen molar-refractivity contribution in [3.63, 3.8) is 0 Å². The van der Waals surface area contributed by atoms with E-state index in [2.05, 4.69) is 5.32 Å². The normalized spacial score (nSPS) is 26.6. The summed E-state index contributed by atoms with van der Waals surface area (Å²) >= 11 is 0. The number of ether oxygens (including phenoxy) is 1. The lowest BCUT2D eigenvalue weighted by Crippen LogP contribution is -2.55. The van der Waals surface area contributed by atoms with Gasteiger partial charge < -0.3 is 19.9 Å². The second kappa shape index (κ2) is 7.39. The van der Waals surface area contributed by atoms with Gasteiger partial charge in [-0.2, -0.15) is 0 Å². The number of nitrogens with one attached hydrogen (secondary N) is 1. The standard InChI is InChI=1S/C18H24FN3O3/c1-12-10-21(11-13(2)25-12)17(23)16-4-3-9-22(16)18(24)20-15-7-5-14(19)6-8-15/h5-8,12-13,16H,3-4,9-11H2,1-2H3,(H,20,24)/t12-,13-,16+/m1/s1.